The first-order valence-electron chi connectivity index (χ1n) is 4.93. The molecule has 0 aromatic carbocycles. The molecule has 84 valence electrons. The minimum atomic E-state index is -2.83. The van der Waals surface area contributed by atoms with Crippen molar-refractivity contribution in [3.8, 4) is 0 Å². The molecule has 0 radical (unpaired) electrons. The maximum absolute atomic E-state index is 11.3. The zero-order chi connectivity index (χ0) is 10.8. The predicted octanol–water partition coefficient (Wildman–Crippen LogP) is -0.218. The number of sulfone groups is 1. The summed E-state index contributed by atoms with van der Waals surface area (Å²) in [6, 6.07) is 0. The number of aliphatic hydroxyl groups is 1. The van der Waals surface area contributed by atoms with E-state index in [9.17, 15) is 8.42 Å². The van der Waals surface area contributed by atoms with Gasteiger partial charge in [0.05, 0.1) is 11.5 Å². The Kier molecular flexibility index (Phi) is 3.55. The topological polar surface area (TPSA) is 66.4 Å². The van der Waals surface area contributed by atoms with E-state index < -0.39 is 9.84 Å². The molecule has 2 N–H and O–H groups in total. The molecule has 0 amide bonds. The third kappa shape index (κ3) is 3.22. The molecule has 0 bridgehead atoms. The molecule has 0 saturated carbocycles. The van der Waals surface area contributed by atoms with Crippen molar-refractivity contribution in [3.05, 3.63) is 0 Å². The van der Waals surface area contributed by atoms with Gasteiger partial charge < -0.3 is 10.4 Å². The van der Waals surface area contributed by atoms with Gasteiger partial charge in [-0.2, -0.15) is 0 Å². The zero-order valence-electron chi connectivity index (χ0n) is 8.78. The number of aliphatic hydroxyl groups excluding tert-OH is 1. The lowest BCUT2D eigenvalue weighted by Gasteiger charge is -2.25. The third-order valence-corrected chi connectivity index (χ3v) is 4.60. The molecule has 2 unspecified atom stereocenters. The summed E-state index contributed by atoms with van der Waals surface area (Å²) in [6.07, 6.45) is 0.674. The highest BCUT2D eigenvalue weighted by atomic mass is 32.2. The normalized spacial score (nSPS) is 33.1. The Labute approximate surface area is 85.6 Å². The molecule has 1 aliphatic rings. The summed E-state index contributed by atoms with van der Waals surface area (Å²) in [5.41, 5.74) is -0.289. The zero-order valence-corrected chi connectivity index (χ0v) is 9.60. The van der Waals surface area contributed by atoms with Crippen molar-refractivity contribution in [1.82, 2.24) is 5.32 Å². The van der Waals surface area contributed by atoms with Gasteiger partial charge in [0.2, 0.25) is 0 Å². The molecule has 2 atom stereocenters. The highest BCUT2D eigenvalue weighted by Crippen LogP contribution is 2.22. The van der Waals surface area contributed by atoms with Crippen molar-refractivity contribution in [1.29, 1.82) is 0 Å². The molecule has 0 aromatic heterocycles. The van der Waals surface area contributed by atoms with Crippen LogP contribution in [0.1, 0.15) is 20.3 Å². The van der Waals surface area contributed by atoms with E-state index in [4.69, 9.17) is 5.11 Å². The molecule has 4 nitrogen and oxygen atoms in total. The fraction of sp³-hybridized carbons (Fsp3) is 1.00. The minimum Gasteiger partial charge on any atom is -0.396 e. The number of hydrogen-bond donors (Lipinski definition) is 2. The van der Waals surface area contributed by atoms with Crippen LogP contribution in [0.2, 0.25) is 0 Å². The summed E-state index contributed by atoms with van der Waals surface area (Å²) in [7, 11) is -2.83. The Balaban J connectivity index is 2.45. The van der Waals surface area contributed by atoms with Crippen LogP contribution < -0.4 is 5.32 Å². The molecule has 0 spiro atoms. The lowest BCUT2D eigenvalue weighted by molar-refractivity contribution is 0.222. The van der Waals surface area contributed by atoms with Gasteiger partial charge in [0, 0.05) is 18.7 Å². The number of hydrogen-bond acceptors (Lipinski definition) is 4. The van der Waals surface area contributed by atoms with Crippen LogP contribution >= 0.6 is 0 Å². The van der Waals surface area contributed by atoms with E-state index in [-0.39, 0.29) is 29.6 Å². The van der Waals surface area contributed by atoms with Crippen molar-refractivity contribution in [2.75, 3.05) is 24.7 Å². The molecule has 1 saturated heterocycles. The van der Waals surface area contributed by atoms with Crippen LogP contribution in [0, 0.1) is 5.92 Å². The van der Waals surface area contributed by atoms with Crippen LogP contribution in [-0.2, 0) is 9.84 Å². The van der Waals surface area contributed by atoms with Gasteiger partial charge in [-0.3, -0.25) is 0 Å². The highest BCUT2D eigenvalue weighted by molar-refractivity contribution is 7.91. The van der Waals surface area contributed by atoms with E-state index in [1.165, 1.54) is 0 Å². The van der Waals surface area contributed by atoms with E-state index in [1.807, 2.05) is 13.8 Å². The molecule has 1 aliphatic heterocycles. The number of nitrogens with one attached hydrogen (secondary N) is 1. The van der Waals surface area contributed by atoms with Gasteiger partial charge >= 0.3 is 0 Å². The summed E-state index contributed by atoms with van der Waals surface area (Å²) in [5, 5.41) is 12.1. The Morgan fingerprint density at radius 3 is 2.64 bits per heavy atom. The van der Waals surface area contributed by atoms with Crippen LogP contribution in [0.15, 0.2) is 0 Å². The minimum absolute atomic E-state index is 0.135. The summed E-state index contributed by atoms with van der Waals surface area (Å²) < 4.78 is 22.5. The Morgan fingerprint density at radius 1 is 1.57 bits per heavy atom. The summed E-state index contributed by atoms with van der Waals surface area (Å²) in [4.78, 5) is 0. The average molecular weight is 221 g/mol. The SMILES string of the molecule is CC(CO)CNC1(C)CCS(=O)(=O)C1. The van der Waals surface area contributed by atoms with Crippen LogP contribution in [-0.4, -0.2) is 43.7 Å². The third-order valence-electron chi connectivity index (χ3n) is 2.69. The van der Waals surface area contributed by atoms with Gasteiger partial charge in [0.25, 0.3) is 0 Å². The molecule has 14 heavy (non-hydrogen) atoms. The first-order valence-corrected chi connectivity index (χ1v) is 6.75. The largest absolute Gasteiger partial charge is 0.396 e. The van der Waals surface area contributed by atoms with E-state index in [2.05, 4.69) is 5.32 Å². The van der Waals surface area contributed by atoms with Gasteiger partial charge in [-0.25, -0.2) is 8.42 Å². The monoisotopic (exact) mass is 221 g/mol. The van der Waals surface area contributed by atoms with Crippen LogP contribution in [0.3, 0.4) is 0 Å². The summed E-state index contributed by atoms with van der Waals surface area (Å²) in [6.45, 7) is 4.67. The van der Waals surface area contributed by atoms with Gasteiger partial charge in [0.1, 0.15) is 0 Å². The van der Waals surface area contributed by atoms with Crippen LogP contribution in [0.25, 0.3) is 0 Å². The van der Waals surface area contributed by atoms with E-state index in [1.54, 1.807) is 0 Å². The molecule has 1 rings (SSSR count). The van der Waals surface area contributed by atoms with Crippen molar-refractivity contribution in [2.45, 2.75) is 25.8 Å². The molecular formula is C9H19NO3S. The van der Waals surface area contributed by atoms with Gasteiger partial charge in [-0.1, -0.05) is 6.92 Å². The van der Waals surface area contributed by atoms with Crippen molar-refractivity contribution >= 4 is 9.84 Å². The Morgan fingerprint density at radius 2 is 2.21 bits per heavy atom. The van der Waals surface area contributed by atoms with Gasteiger partial charge in [-0.05, 0) is 19.3 Å². The first-order chi connectivity index (χ1) is 6.37. The maximum Gasteiger partial charge on any atom is 0.152 e. The van der Waals surface area contributed by atoms with E-state index in [0.29, 0.717) is 13.0 Å². The number of rotatable bonds is 4. The van der Waals surface area contributed by atoms with Crippen molar-refractivity contribution in [2.24, 2.45) is 5.92 Å². The molecule has 5 heteroatoms. The van der Waals surface area contributed by atoms with Crippen molar-refractivity contribution in [3.63, 3.8) is 0 Å². The average Bonchev–Trinajstić information content (AvgIpc) is 2.37. The quantitative estimate of drug-likeness (QED) is 0.689. The molecule has 1 heterocycles. The summed E-state index contributed by atoms with van der Waals surface area (Å²) in [5.74, 6) is 0.678. The van der Waals surface area contributed by atoms with E-state index in [0.717, 1.165) is 0 Å². The lowest BCUT2D eigenvalue weighted by atomic mass is 10.0. The van der Waals surface area contributed by atoms with Crippen LogP contribution in [0.4, 0.5) is 0 Å². The predicted molar refractivity (Wildman–Crippen MR) is 55.9 cm³/mol. The second-order valence-electron chi connectivity index (χ2n) is 4.57. The molecule has 1 fully saturated rings. The van der Waals surface area contributed by atoms with E-state index >= 15 is 0 Å². The molecular weight excluding hydrogens is 202 g/mol. The molecule has 0 aromatic rings. The standard InChI is InChI=1S/C9H19NO3S/c1-8(6-11)5-10-9(2)3-4-14(12,13)7-9/h8,10-11H,3-7H2,1-2H3. The second-order valence-corrected chi connectivity index (χ2v) is 6.76. The smallest absolute Gasteiger partial charge is 0.152 e. The Bertz CT molecular complexity index is 288. The fourth-order valence-corrected chi connectivity index (χ4v) is 3.76. The fourth-order valence-electron chi connectivity index (χ4n) is 1.64. The van der Waals surface area contributed by atoms with Gasteiger partial charge in [-0.15, -0.1) is 0 Å². The summed E-state index contributed by atoms with van der Waals surface area (Å²) >= 11 is 0. The Hall–Kier alpha value is -0.130. The van der Waals surface area contributed by atoms with Gasteiger partial charge in [0.15, 0.2) is 9.84 Å². The second kappa shape index (κ2) is 4.16. The highest BCUT2D eigenvalue weighted by Gasteiger charge is 2.37. The lowest BCUT2D eigenvalue weighted by Crippen LogP contribution is -2.45. The first kappa shape index (κ1) is 11.9. The van der Waals surface area contributed by atoms with Crippen molar-refractivity contribution < 1.29 is 13.5 Å². The van der Waals surface area contributed by atoms with Crippen LogP contribution in [0.5, 0.6) is 0 Å². The molecule has 0 aliphatic carbocycles. The maximum atomic E-state index is 11.3.